The predicted octanol–water partition coefficient (Wildman–Crippen LogP) is 9.70. The van der Waals surface area contributed by atoms with Gasteiger partial charge in [-0.05, 0) is 35.4 Å². The van der Waals surface area contributed by atoms with E-state index in [1.54, 1.807) is 0 Å². The third-order valence-corrected chi connectivity index (χ3v) is 6.31. The first-order valence-electron chi connectivity index (χ1n) is 11.5. The fourth-order valence-electron chi connectivity index (χ4n) is 4.63. The molecular formula is C32H19N3O. The van der Waals surface area contributed by atoms with Crippen LogP contribution in [0.3, 0.4) is 0 Å². The first kappa shape index (κ1) is 21.2. The SMILES string of the molecule is [C-]#[N+]c1ccc(-c2cccc(-c3ccc([N+]#[C-])cc3)c2N2c3ccccc3Oc3ccccc32)cc1. The van der Waals surface area contributed by atoms with Gasteiger partial charge >= 0.3 is 0 Å². The lowest BCUT2D eigenvalue weighted by Crippen LogP contribution is -2.17. The van der Waals surface area contributed by atoms with E-state index in [0.717, 1.165) is 50.8 Å². The van der Waals surface area contributed by atoms with Crippen molar-refractivity contribution in [2.75, 3.05) is 4.90 Å². The van der Waals surface area contributed by atoms with Gasteiger partial charge in [-0.1, -0.05) is 91.0 Å². The van der Waals surface area contributed by atoms with Crippen LogP contribution in [0.1, 0.15) is 0 Å². The molecule has 4 nitrogen and oxygen atoms in total. The van der Waals surface area contributed by atoms with Gasteiger partial charge in [-0.3, -0.25) is 0 Å². The van der Waals surface area contributed by atoms with Crippen LogP contribution in [0.2, 0.25) is 0 Å². The molecule has 6 rings (SSSR count). The van der Waals surface area contributed by atoms with E-state index in [9.17, 15) is 0 Å². The van der Waals surface area contributed by atoms with Crippen molar-refractivity contribution < 1.29 is 4.74 Å². The van der Waals surface area contributed by atoms with Crippen molar-refractivity contribution in [1.29, 1.82) is 0 Å². The smallest absolute Gasteiger partial charge is 0.187 e. The quantitative estimate of drug-likeness (QED) is 0.245. The van der Waals surface area contributed by atoms with Crippen LogP contribution < -0.4 is 9.64 Å². The van der Waals surface area contributed by atoms with E-state index in [4.69, 9.17) is 17.9 Å². The zero-order chi connectivity index (χ0) is 24.5. The summed E-state index contributed by atoms with van der Waals surface area (Å²) in [5, 5.41) is 0. The highest BCUT2D eigenvalue weighted by molar-refractivity contribution is 6.00. The first-order valence-corrected chi connectivity index (χ1v) is 11.5. The van der Waals surface area contributed by atoms with E-state index in [2.05, 4.69) is 44.9 Å². The van der Waals surface area contributed by atoms with Gasteiger partial charge in [0.25, 0.3) is 0 Å². The van der Waals surface area contributed by atoms with Crippen molar-refractivity contribution >= 4 is 28.4 Å². The molecule has 1 aliphatic rings. The Morgan fingerprint density at radius 3 is 1.39 bits per heavy atom. The molecule has 36 heavy (non-hydrogen) atoms. The number of benzene rings is 5. The summed E-state index contributed by atoms with van der Waals surface area (Å²) in [6.45, 7) is 14.7. The Morgan fingerprint density at radius 2 is 0.944 bits per heavy atom. The van der Waals surface area contributed by atoms with Gasteiger partial charge in [0.2, 0.25) is 0 Å². The minimum Gasteiger partial charge on any atom is -0.453 e. The molecule has 1 aliphatic heterocycles. The van der Waals surface area contributed by atoms with Crippen LogP contribution in [0.5, 0.6) is 11.5 Å². The minimum atomic E-state index is 0.605. The van der Waals surface area contributed by atoms with Crippen LogP contribution in [0.25, 0.3) is 31.9 Å². The Kier molecular flexibility index (Phi) is 5.19. The molecule has 5 aromatic carbocycles. The van der Waals surface area contributed by atoms with E-state index in [1.165, 1.54) is 0 Å². The average molecular weight is 462 g/mol. The molecule has 0 saturated heterocycles. The number of fused-ring (bicyclic) bond motifs is 2. The Labute approximate surface area is 209 Å². The summed E-state index contributed by atoms with van der Waals surface area (Å²) in [5.74, 6) is 1.56. The highest BCUT2D eigenvalue weighted by atomic mass is 16.5. The second kappa shape index (κ2) is 8.80. The second-order valence-corrected chi connectivity index (χ2v) is 8.39. The zero-order valence-electron chi connectivity index (χ0n) is 19.2. The average Bonchev–Trinajstić information content (AvgIpc) is 2.95. The van der Waals surface area contributed by atoms with E-state index in [-0.39, 0.29) is 0 Å². The molecule has 0 aromatic heterocycles. The molecular weight excluding hydrogens is 442 g/mol. The number of anilines is 3. The van der Waals surface area contributed by atoms with Crippen molar-refractivity contribution in [3.63, 3.8) is 0 Å². The minimum absolute atomic E-state index is 0.605. The monoisotopic (exact) mass is 461 g/mol. The predicted molar refractivity (Wildman–Crippen MR) is 145 cm³/mol. The molecule has 0 atom stereocenters. The normalized spacial score (nSPS) is 11.4. The van der Waals surface area contributed by atoms with Gasteiger partial charge in [0, 0.05) is 11.1 Å². The molecule has 0 saturated carbocycles. The summed E-state index contributed by atoms with van der Waals surface area (Å²) in [4.78, 5) is 9.37. The highest BCUT2D eigenvalue weighted by Gasteiger charge is 2.29. The van der Waals surface area contributed by atoms with Crippen molar-refractivity contribution in [3.05, 3.63) is 138 Å². The zero-order valence-corrected chi connectivity index (χ0v) is 19.2. The van der Waals surface area contributed by atoms with Crippen molar-refractivity contribution in [2.24, 2.45) is 0 Å². The molecule has 168 valence electrons. The largest absolute Gasteiger partial charge is 0.453 e. The van der Waals surface area contributed by atoms with Gasteiger partial charge in [-0.2, -0.15) is 0 Å². The fraction of sp³-hybridized carbons (Fsp3) is 0. The van der Waals surface area contributed by atoms with Crippen molar-refractivity contribution in [2.45, 2.75) is 0 Å². The van der Waals surface area contributed by atoms with E-state index >= 15 is 0 Å². The molecule has 1 heterocycles. The van der Waals surface area contributed by atoms with E-state index in [0.29, 0.717) is 11.4 Å². The molecule has 0 bridgehead atoms. The Morgan fingerprint density at radius 1 is 0.500 bits per heavy atom. The molecule has 0 N–H and O–H groups in total. The molecule has 0 radical (unpaired) electrons. The lowest BCUT2D eigenvalue weighted by Gasteiger charge is -2.35. The summed E-state index contributed by atoms with van der Waals surface area (Å²) in [5.41, 5.74) is 8.20. The maximum Gasteiger partial charge on any atom is 0.187 e. The van der Waals surface area contributed by atoms with Crippen molar-refractivity contribution in [1.82, 2.24) is 0 Å². The van der Waals surface area contributed by atoms with Crippen LogP contribution in [0, 0.1) is 13.1 Å². The lowest BCUT2D eigenvalue weighted by molar-refractivity contribution is 0.477. The maximum absolute atomic E-state index is 7.35. The summed E-state index contributed by atoms with van der Waals surface area (Å²) in [6.07, 6.45) is 0. The number of rotatable bonds is 3. The van der Waals surface area contributed by atoms with Crippen LogP contribution in [-0.4, -0.2) is 0 Å². The highest BCUT2D eigenvalue weighted by Crippen LogP contribution is 2.54. The van der Waals surface area contributed by atoms with Gasteiger partial charge in [-0.15, -0.1) is 0 Å². The van der Waals surface area contributed by atoms with Gasteiger partial charge < -0.3 is 9.64 Å². The van der Waals surface area contributed by atoms with Crippen LogP contribution in [0.15, 0.2) is 115 Å². The first-order chi connectivity index (χ1) is 17.8. The summed E-state index contributed by atoms with van der Waals surface area (Å²) >= 11 is 0. The molecule has 0 aliphatic carbocycles. The number of hydrogen-bond donors (Lipinski definition) is 0. The summed E-state index contributed by atoms with van der Waals surface area (Å²) in [7, 11) is 0. The number of nitrogens with zero attached hydrogens (tertiary/aromatic N) is 3. The second-order valence-electron chi connectivity index (χ2n) is 8.39. The van der Waals surface area contributed by atoms with Crippen molar-refractivity contribution in [3.8, 4) is 33.8 Å². The van der Waals surface area contributed by atoms with Gasteiger partial charge in [0.1, 0.15) is 0 Å². The molecule has 0 spiro atoms. The number of hydrogen-bond acceptors (Lipinski definition) is 2. The molecule has 4 heteroatoms. The summed E-state index contributed by atoms with van der Waals surface area (Å²) in [6, 6.07) is 37.7. The lowest BCUT2D eigenvalue weighted by atomic mass is 9.93. The maximum atomic E-state index is 7.35. The standard InChI is InChI=1S/C32H19N3O/c1-33-24-18-14-22(15-19-24)26-8-7-9-27(23-16-20-25(34-2)21-17-23)32(26)35-28-10-3-5-12-30(28)36-31-13-6-4-11-29(31)35/h3-21H. The Balaban J connectivity index is 1.67. The van der Waals surface area contributed by atoms with Crippen LogP contribution >= 0.6 is 0 Å². The molecule has 0 unspecified atom stereocenters. The third-order valence-electron chi connectivity index (χ3n) is 6.31. The summed E-state index contributed by atoms with van der Waals surface area (Å²) < 4.78 is 6.27. The fourth-order valence-corrected chi connectivity index (χ4v) is 4.63. The molecule has 5 aromatic rings. The van der Waals surface area contributed by atoms with Gasteiger partial charge in [0.05, 0.1) is 30.2 Å². The van der Waals surface area contributed by atoms with Gasteiger partial charge in [-0.25, -0.2) is 9.69 Å². The molecule has 0 fully saturated rings. The number of ether oxygens (including phenoxy) is 1. The van der Waals surface area contributed by atoms with Crippen LogP contribution in [-0.2, 0) is 0 Å². The van der Waals surface area contributed by atoms with Gasteiger partial charge in [0.15, 0.2) is 22.9 Å². The van der Waals surface area contributed by atoms with Crippen LogP contribution in [0.4, 0.5) is 28.4 Å². The van der Waals surface area contributed by atoms with E-state index < -0.39 is 0 Å². The van der Waals surface area contributed by atoms with E-state index in [1.807, 2.05) is 84.9 Å². The topological polar surface area (TPSA) is 21.2 Å². The molecule has 0 amide bonds. The third kappa shape index (κ3) is 3.55. The number of para-hydroxylation sites is 5. The Bertz CT molecular complexity index is 1550. The Hall–Kier alpha value is -5.32.